The molecule has 0 aromatic rings. The summed E-state index contributed by atoms with van der Waals surface area (Å²) >= 11 is 0. The van der Waals surface area contributed by atoms with Crippen LogP contribution in [0.4, 0.5) is 0 Å². The summed E-state index contributed by atoms with van der Waals surface area (Å²) < 4.78 is 68.5. The fourth-order valence-electron chi connectivity index (χ4n) is 11.4. The molecule has 0 saturated carbocycles. The van der Waals surface area contributed by atoms with E-state index in [1.54, 1.807) is 0 Å². The first kappa shape index (κ1) is 91.1. The van der Waals surface area contributed by atoms with E-state index >= 15 is 0 Å². The van der Waals surface area contributed by atoms with Gasteiger partial charge >= 0.3 is 39.5 Å². The zero-order valence-electron chi connectivity index (χ0n) is 60.4. The number of unbranched alkanes of at least 4 members (excludes halogenated alkanes) is 46. The SMILES string of the molecule is CCCCCCCCCCCCCCCC(=O)OC[C@H](COP(=O)(O)OC[C@@H](O)COP(=O)(O)OC[C@@H](COC(=O)CCCCCCCCCCCC)OC(=O)CCCCCCCCCCCCCCC)OC(=O)CCCCCCCCCCCCCCCCC(C)C. The number of phosphoric ester groups is 2. The first-order valence-electron chi connectivity index (χ1n) is 38.6. The van der Waals surface area contributed by atoms with Crippen LogP contribution in [0.25, 0.3) is 0 Å². The van der Waals surface area contributed by atoms with Crippen molar-refractivity contribution in [3.05, 3.63) is 0 Å². The van der Waals surface area contributed by atoms with E-state index in [4.69, 9.17) is 37.0 Å². The molecule has 0 aromatic heterocycles. The monoisotopic (exact) mass is 1370 g/mol. The van der Waals surface area contributed by atoms with E-state index in [9.17, 15) is 43.2 Å². The molecule has 17 nitrogen and oxygen atoms in total. The van der Waals surface area contributed by atoms with Crippen molar-refractivity contribution in [3.63, 3.8) is 0 Å². The van der Waals surface area contributed by atoms with Crippen LogP contribution >= 0.6 is 15.6 Å². The fraction of sp³-hybridized carbons (Fsp3) is 0.946. The van der Waals surface area contributed by atoms with Crippen molar-refractivity contribution in [2.45, 2.75) is 406 Å². The molecule has 0 aromatic carbocycles. The molecule has 0 amide bonds. The summed E-state index contributed by atoms with van der Waals surface area (Å²) in [6.45, 7) is 7.30. The van der Waals surface area contributed by atoms with Crippen LogP contribution in [0.3, 0.4) is 0 Å². The molecule has 0 spiro atoms. The van der Waals surface area contributed by atoms with Gasteiger partial charge in [-0.25, -0.2) is 9.13 Å². The molecule has 93 heavy (non-hydrogen) atoms. The summed E-state index contributed by atoms with van der Waals surface area (Å²) in [5.41, 5.74) is 0. The minimum Gasteiger partial charge on any atom is -0.462 e. The van der Waals surface area contributed by atoms with Crippen LogP contribution in [-0.2, 0) is 65.4 Å². The van der Waals surface area contributed by atoms with Gasteiger partial charge in [-0.05, 0) is 31.6 Å². The molecule has 19 heteroatoms. The second kappa shape index (κ2) is 67.3. The lowest BCUT2D eigenvalue weighted by Gasteiger charge is -2.21. The van der Waals surface area contributed by atoms with Gasteiger partial charge in [0.25, 0.3) is 0 Å². The third kappa shape index (κ3) is 68.4. The summed E-state index contributed by atoms with van der Waals surface area (Å²) in [5, 5.41) is 10.6. The third-order valence-electron chi connectivity index (χ3n) is 17.3. The Morgan fingerprint density at radius 1 is 0.290 bits per heavy atom. The molecular formula is C74H144O17P2. The van der Waals surface area contributed by atoms with Crippen LogP contribution in [-0.4, -0.2) is 96.7 Å². The maximum atomic E-state index is 13.1. The molecule has 0 heterocycles. The van der Waals surface area contributed by atoms with E-state index in [-0.39, 0.29) is 25.7 Å². The van der Waals surface area contributed by atoms with Gasteiger partial charge in [0.15, 0.2) is 12.2 Å². The van der Waals surface area contributed by atoms with Crippen LogP contribution < -0.4 is 0 Å². The Balaban J connectivity index is 5.24. The van der Waals surface area contributed by atoms with Crippen LogP contribution in [0.2, 0.25) is 0 Å². The second-order valence-electron chi connectivity index (χ2n) is 27.2. The highest BCUT2D eigenvalue weighted by Crippen LogP contribution is 2.45. The van der Waals surface area contributed by atoms with Gasteiger partial charge in [0.1, 0.15) is 19.3 Å². The van der Waals surface area contributed by atoms with Gasteiger partial charge in [0, 0.05) is 25.7 Å². The van der Waals surface area contributed by atoms with Crippen molar-refractivity contribution >= 4 is 39.5 Å². The molecule has 0 saturated heterocycles. The number of ether oxygens (including phenoxy) is 4. The van der Waals surface area contributed by atoms with Crippen molar-refractivity contribution < 1.29 is 80.2 Å². The van der Waals surface area contributed by atoms with E-state index in [0.717, 1.165) is 95.8 Å². The van der Waals surface area contributed by atoms with Crippen molar-refractivity contribution in [1.82, 2.24) is 0 Å². The second-order valence-corrected chi connectivity index (χ2v) is 30.1. The van der Waals surface area contributed by atoms with Crippen LogP contribution in [0.1, 0.15) is 388 Å². The van der Waals surface area contributed by atoms with Crippen LogP contribution in [0.15, 0.2) is 0 Å². The number of carbonyl (C=O) groups excluding carboxylic acids is 4. The average molecular weight is 1370 g/mol. The van der Waals surface area contributed by atoms with Crippen molar-refractivity contribution in [2.75, 3.05) is 39.6 Å². The van der Waals surface area contributed by atoms with Gasteiger partial charge in [-0.1, -0.05) is 336 Å². The molecule has 2 unspecified atom stereocenters. The Labute approximate surface area is 568 Å². The average Bonchev–Trinajstić information content (AvgIpc) is 3.43. The van der Waals surface area contributed by atoms with Gasteiger partial charge < -0.3 is 33.8 Å². The lowest BCUT2D eigenvalue weighted by atomic mass is 10.0. The van der Waals surface area contributed by atoms with Crippen molar-refractivity contribution in [3.8, 4) is 0 Å². The number of carbonyl (C=O) groups is 4. The molecule has 552 valence electrons. The smallest absolute Gasteiger partial charge is 0.462 e. The van der Waals surface area contributed by atoms with Gasteiger partial charge in [-0.15, -0.1) is 0 Å². The maximum Gasteiger partial charge on any atom is 0.472 e. The molecular weight excluding hydrogens is 1220 g/mol. The minimum atomic E-state index is -4.95. The highest BCUT2D eigenvalue weighted by molar-refractivity contribution is 7.47. The fourth-order valence-corrected chi connectivity index (χ4v) is 12.9. The number of rotatable bonds is 74. The third-order valence-corrected chi connectivity index (χ3v) is 19.2. The number of hydrogen-bond donors (Lipinski definition) is 3. The Kier molecular flexibility index (Phi) is 65.9. The number of aliphatic hydroxyl groups is 1. The Hall–Kier alpha value is -1.94. The summed E-state index contributed by atoms with van der Waals surface area (Å²) in [6.07, 6.45) is 55.3. The largest absolute Gasteiger partial charge is 0.472 e. The number of esters is 4. The minimum absolute atomic E-state index is 0.108. The Morgan fingerprint density at radius 2 is 0.495 bits per heavy atom. The number of aliphatic hydroxyl groups excluding tert-OH is 1. The van der Waals surface area contributed by atoms with E-state index in [2.05, 4.69) is 34.6 Å². The topological polar surface area (TPSA) is 237 Å². The molecule has 0 fully saturated rings. The van der Waals surface area contributed by atoms with Gasteiger partial charge in [0.05, 0.1) is 26.4 Å². The number of hydrogen-bond acceptors (Lipinski definition) is 15. The predicted molar refractivity (Wildman–Crippen MR) is 377 cm³/mol. The highest BCUT2D eigenvalue weighted by atomic mass is 31.2. The zero-order valence-corrected chi connectivity index (χ0v) is 62.2. The van der Waals surface area contributed by atoms with Gasteiger partial charge in [-0.3, -0.25) is 37.3 Å². The van der Waals surface area contributed by atoms with Gasteiger partial charge in [0.2, 0.25) is 0 Å². The lowest BCUT2D eigenvalue weighted by molar-refractivity contribution is -0.161. The normalized spacial score (nSPS) is 14.0. The molecule has 0 aliphatic rings. The summed E-state index contributed by atoms with van der Waals surface area (Å²) in [7, 11) is -9.90. The zero-order chi connectivity index (χ0) is 68.4. The molecule has 5 atom stereocenters. The molecule has 3 N–H and O–H groups in total. The highest BCUT2D eigenvalue weighted by Gasteiger charge is 2.30. The maximum absolute atomic E-state index is 13.1. The van der Waals surface area contributed by atoms with E-state index < -0.39 is 97.5 Å². The first-order valence-corrected chi connectivity index (χ1v) is 41.6. The summed E-state index contributed by atoms with van der Waals surface area (Å²) in [5.74, 6) is -1.32. The van der Waals surface area contributed by atoms with E-state index in [1.165, 1.54) is 212 Å². The van der Waals surface area contributed by atoms with E-state index in [1.807, 2.05) is 0 Å². The summed E-state index contributed by atoms with van der Waals surface area (Å²) in [4.78, 5) is 72.7. The van der Waals surface area contributed by atoms with Crippen molar-refractivity contribution in [2.24, 2.45) is 5.92 Å². The molecule has 0 radical (unpaired) electrons. The Bertz CT molecular complexity index is 1790. The predicted octanol–water partition coefficient (Wildman–Crippen LogP) is 21.7. The summed E-state index contributed by atoms with van der Waals surface area (Å²) in [6, 6.07) is 0. The van der Waals surface area contributed by atoms with Crippen LogP contribution in [0, 0.1) is 5.92 Å². The standard InChI is InChI=1S/C74H144O17P2/c1-6-9-12-15-18-21-24-28-33-38-43-48-53-58-72(77)85-64-70(91-74(79)60-55-50-45-40-35-31-27-26-30-32-36-41-46-51-56-67(4)5)66-89-93(82,83)87-62-68(75)61-86-92(80,81)88-65-69(63-84-71(76)57-52-47-42-37-23-20-17-14-11-8-3)90-73(78)59-54-49-44-39-34-29-25-22-19-16-13-10-7-2/h67-70,75H,6-66H2,1-5H3,(H,80,81)(H,82,83)/t68-,69+,70+/m0/s1. The molecule has 0 rings (SSSR count). The first-order chi connectivity index (χ1) is 45.0. The molecule has 0 aliphatic carbocycles. The van der Waals surface area contributed by atoms with E-state index in [0.29, 0.717) is 25.7 Å². The molecule has 0 bridgehead atoms. The van der Waals surface area contributed by atoms with Crippen molar-refractivity contribution in [1.29, 1.82) is 0 Å². The van der Waals surface area contributed by atoms with Gasteiger partial charge in [-0.2, -0.15) is 0 Å². The molecule has 0 aliphatic heterocycles. The van der Waals surface area contributed by atoms with Crippen LogP contribution in [0.5, 0.6) is 0 Å². The quantitative estimate of drug-likeness (QED) is 0.0222. The number of phosphoric acid groups is 2. The Morgan fingerprint density at radius 3 is 0.731 bits per heavy atom. The lowest BCUT2D eigenvalue weighted by Crippen LogP contribution is -2.30.